The van der Waals surface area contributed by atoms with Gasteiger partial charge in [0.1, 0.15) is 10.7 Å². The maximum Gasteiger partial charge on any atom is 0.267 e. The third-order valence-electron chi connectivity index (χ3n) is 5.20. The lowest BCUT2D eigenvalue weighted by Gasteiger charge is -2.06. The highest BCUT2D eigenvalue weighted by molar-refractivity contribution is 7.21. The van der Waals surface area contributed by atoms with Crippen molar-refractivity contribution in [2.75, 3.05) is 5.32 Å². The molecule has 2 aliphatic rings. The van der Waals surface area contributed by atoms with Crippen LogP contribution in [0.15, 0.2) is 0 Å². The molecule has 2 aliphatic carbocycles. The molecule has 3 heterocycles. The van der Waals surface area contributed by atoms with E-state index in [4.69, 9.17) is 4.98 Å². The molecule has 1 saturated carbocycles. The largest absolute Gasteiger partial charge is 0.297 e. The number of amides is 1. The first kappa shape index (κ1) is 16.3. The summed E-state index contributed by atoms with van der Waals surface area (Å²) in [5.41, 5.74) is 3.12. The van der Waals surface area contributed by atoms with E-state index in [9.17, 15) is 4.79 Å². The van der Waals surface area contributed by atoms with Crippen molar-refractivity contribution in [3.05, 3.63) is 32.5 Å². The highest BCUT2D eigenvalue weighted by Crippen LogP contribution is 2.40. The molecule has 3 aromatic rings. The number of rotatable bonds is 3. The van der Waals surface area contributed by atoms with E-state index < -0.39 is 0 Å². The van der Waals surface area contributed by atoms with Crippen molar-refractivity contribution in [1.82, 2.24) is 15.0 Å². The molecule has 5 rings (SSSR count). The lowest BCUT2D eigenvalue weighted by molar-refractivity contribution is 0.103. The Bertz CT molecular complexity index is 1010. The second-order valence-electron chi connectivity index (χ2n) is 7.23. The molecule has 26 heavy (non-hydrogen) atoms. The van der Waals surface area contributed by atoms with Crippen LogP contribution in [0.2, 0.25) is 0 Å². The average molecular weight is 385 g/mol. The molecule has 134 valence electrons. The number of hydrogen-bond acceptors (Lipinski definition) is 6. The number of aromatic nitrogens is 3. The number of nitrogens with one attached hydrogen (secondary N) is 1. The van der Waals surface area contributed by atoms with E-state index in [1.807, 2.05) is 13.8 Å². The Morgan fingerprint density at radius 2 is 1.88 bits per heavy atom. The summed E-state index contributed by atoms with van der Waals surface area (Å²) in [4.78, 5) is 29.9. The van der Waals surface area contributed by atoms with Crippen LogP contribution >= 0.6 is 22.7 Å². The van der Waals surface area contributed by atoms with Crippen LogP contribution in [0.1, 0.15) is 68.9 Å². The van der Waals surface area contributed by atoms with Crippen molar-refractivity contribution in [2.24, 2.45) is 0 Å². The number of aryl methyl sites for hydroxylation is 4. The molecule has 0 unspecified atom stereocenters. The minimum atomic E-state index is -0.0797. The molecule has 5 nitrogen and oxygen atoms in total. The summed E-state index contributed by atoms with van der Waals surface area (Å²) in [7, 11) is 0. The van der Waals surface area contributed by atoms with Gasteiger partial charge in [-0.3, -0.25) is 10.1 Å². The molecule has 3 aromatic heterocycles. The van der Waals surface area contributed by atoms with Crippen LogP contribution in [-0.2, 0) is 12.8 Å². The first-order chi connectivity index (χ1) is 12.6. The maximum atomic E-state index is 12.9. The number of carbonyl (C=O) groups is 1. The Kier molecular flexibility index (Phi) is 3.83. The number of thiophene rings is 1. The number of nitrogens with zero attached hydrogens (tertiary/aromatic N) is 3. The van der Waals surface area contributed by atoms with Gasteiger partial charge in [0, 0.05) is 16.2 Å². The summed E-state index contributed by atoms with van der Waals surface area (Å²) < 4.78 is 0. The van der Waals surface area contributed by atoms with Crippen LogP contribution in [-0.4, -0.2) is 20.9 Å². The Labute approximate surface area is 159 Å². The summed E-state index contributed by atoms with van der Waals surface area (Å²) in [6, 6.07) is 0. The monoisotopic (exact) mass is 384 g/mol. The summed E-state index contributed by atoms with van der Waals surface area (Å²) in [5.74, 6) is 1.37. The van der Waals surface area contributed by atoms with E-state index >= 15 is 0 Å². The normalized spacial score (nSPS) is 16.7. The van der Waals surface area contributed by atoms with Gasteiger partial charge < -0.3 is 0 Å². The molecule has 1 fully saturated rings. The summed E-state index contributed by atoms with van der Waals surface area (Å²) in [5, 5.41) is 4.77. The third-order valence-corrected chi connectivity index (χ3v) is 7.46. The zero-order valence-corrected chi connectivity index (χ0v) is 16.5. The Hall–Kier alpha value is -1.86. The molecule has 0 spiro atoms. The molecular weight excluding hydrogens is 364 g/mol. The van der Waals surface area contributed by atoms with Gasteiger partial charge in [0.25, 0.3) is 5.91 Å². The molecule has 0 aromatic carbocycles. The smallest absolute Gasteiger partial charge is 0.267 e. The molecule has 0 aliphatic heterocycles. The average Bonchev–Trinajstić information content (AvgIpc) is 3.30. The van der Waals surface area contributed by atoms with Crippen LogP contribution in [0.3, 0.4) is 0 Å². The van der Waals surface area contributed by atoms with Gasteiger partial charge in [-0.2, -0.15) is 0 Å². The maximum absolute atomic E-state index is 12.9. The van der Waals surface area contributed by atoms with Gasteiger partial charge in [-0.1, -0.05) is 0 Å². The minimum Gasteiger partial charge on any atom is -0.297 e. The van der Waals surface area contributed by atoms with Crippen molar-refractivity contribution in [3.8, 4) is 0 Å². The molecule has 7 heteroatoms. The van der Waals surface area contributed by atoms with Gasteiger partial charge in [0.15, 0.2) is 5.13 Å². The first-order valence-electron chi connectivity index (χ1n) is 9.17. The van der Waals surface area contributed by atoms with E-state index in [1.165, 1.54) is 47.6 Å². The second-order valence-corrected chi connectivity index (χ2v) is 9.31. The first-order valence-corrected chi connectivity index (χ1v) is 10.8. The molecule has 0 radical (unpaired) electrons. The van der Waals surface area contributed by atoms with Gasteiger partial charge in [-0.25, -0.2) is 15.0 Å². The number of hydrogen-bond donors (Lipinski definition) is 1. The standard InChI is InChI=1S/C19H20N4OS2/c1-9-14-10(2)20-16(11-7-8-11)22-18(14)26-15(9)17(24)23-19-21-12-5-3-4-6-13(12)25-19/h11H,3-8H2,1-2H3,(H,21,23,24). The second kappa shape index (κ2) is 6.09. The van der Waals surface area contributed by atoms with Crippen LogP contribution in [0.5, 0.6) is 0 Å². The van der Waals surface area contributed by atoms with Gasteiger partial charge >= 0.3 is 0 Å². The lowest BCUT2D eigenvalue weighted by Crippen LogP contribution is -2.11. The van der Waals surface area contributed by atoms with Gasteiger partial charge in [0.05, 0.1) is 16.3 Å². The van der Waals surface area contributed by atoms with Crippen molar-refractivity contribution in [3.63, 3.8) is 0 Å². The Morgan fingerprint density at radius 1 is 1.08 bits per heavy atom. The highest BCUT2D eigenvalue weighted by Gasteiger charge is 2.28. The molecule has 0 bridgehead atoms. The topological polar surface area (TPSA) is 67.8 Å². The molecule has 1 amide bonds. The number of thiazole rings is 1. The van der Waals surface area contributed by atoms with Crippen LogP contribution < -0.4 is 5.32 Å². The van der Waals surface area contributed by atoms with Crippen molar-refractivity contribution >= 4 is 43.9 Å². The number of fused-ring (bicyclic) bond motifs is 2. The molecular formula is C19H20N4OS2. The van der Waals surface area contributed by atoms with Gasteiger partial charge in [-0.05, 0) is 57.9 Å². The minimum absolute atomic E-state index is 0.0797. The Morgan fingerprint density at radius 3 is 2.65 bits per heavy atom. The van der Waals surface area contributed by atoms with E-state index in [-0.39, 0.29) is 5.91 Å². The van der Waals surface area contributed by atoms with Crippen molar-refractivity contribution < 1.29 is 4.79 Å². The zero-order valence-electron chi connectivity index (χ0n) is 14.9. The quantitative estimate of drug-likeness (QED) is 0.706. The fraction of sp³-hybridized carbons (Fsp3) is 0.474. The number of carbonyl (C=O) groups excluding carboxylic acids is 1. The lowest BCUT2D eigenvalue weighted by atomic mass is 10.0. The van der Waals surface area contributed by atoms with Crippen molar-refractivity contribution in [1.29, 1.82) is 0 Å². The zero-order chi connectivity index (χ0) is 17.8. The van der Waals surface area contributed by atoms with Crippen LogP contribution in [0.25, 0.3) is 10.2 Å². The van der Waals surface area contributed by atoms with Crippen molar-refractivity contribution in [2.45, 2.75) is 58.3 Å². The fourth-order valence-corrected chi connectivity index (χ4v) is 5.84. The molecule has 0 atom stereocenters. The summed E-state index contributed by atoms with van der Waals surface area (Å²) in [6.45, 7) is 4.01. The predicted octanol–water partition coefficient (Wildman–Crippen LogP) is 4.77. The third kappa shape index (κ3) is 2.74. The van der Waals surface area contributed by atoms with Crippen LogP contribution in [0.4, 0.5) is 5.13 Å². The fourth-order valence-electron chi connectivity index (χ4n) is 3.66. The van der Waals surface area contributed by atoms with Crippen LogP contribution in [0, 0.1) is 13.8 Å². The summed E-state index contributed by atoms with van der Waals surface area (Å²) in [6.07, 6.45) is 6.89. The van der Waals surface area contributed by atoms with Gasteiger partial charge in [0.2, 0.25) is 0 Å². The Balaban J connectivity index is 1.47. The van der Waals surface area contributed by atoms with E-state index in [2.05, 4.69) is 15.3 Å². The number of anilines is 1. The summed E-state index contributed by atoms with van der Waals surface area (Å²) >= 11 is 3.10. The van der Waals surface area contributed by atoms with E-state index in [0.29, 0.717) is 5.92 Å². The molecule has 0 saturated heterocycles. The van der Waals surface area contributed by atoms with E-state index in [1.54, 1.807) is 11.3 Å². The SMILES string of the molecule is Cc1nc(C2CC2)nc2sc(C(=O)Nc3nc4c(s3)CCCC4)c(C)c12. The molecule has 1 N–H and O–H groups in total. The van der Waals surface area contributed by atoms with E-state index in [0.717, 1.165) is 50.1 Å². The predicted molar refractivity (Wildman–Crippen MR) is 106 cm³/mol. The van der Waals surface area contributed by atoms with Gasteiger partial charge in [-0.15, -0.1) is 22.7 Å². The highest BCUT2D eigenvalue weighted by atomic mass is 32.1.